The summed E-state index contributed by atoms with van der Waals surface area (Å²) in [4.78, 5) is 0. The van der Waals surface area contributed by atoms with E-state index in [2.05, 4.69) is 0 Å². The van der Waals surface area contributed by atoms with E-state index in [-0.39, 0.29) is 0 Å². The third-order valence-electron chi connectivity index (χ3n) is 2.71. The fourth-order valence-corrected chi connectivity index (χ4v) is 2.04. The molecule has 0 radical (unpaired) electrons. The number of aliphatic hydroxyl groups excluding tert-OH is 1. The Morgan fingerprint density at radius 1 is 1.21 bits per heavy atom. The van der Waals surface area contributed by atoms with Crippen LogP contribution in [0.2, 0.25) is 0 Å². The van der Waals surface area contributed by atoms with Gasteiger partial charge in [0.15, 0.2) is 0 Å². The van der Waals surface area contributed by atoms with E-state index in [1.165, 1.54) is 0 Å². The SMILES string of the molecule is COc1ccc(OC)c2c1CCC2O. The summed E-state index contributed by atoms with van der Waals surface area (Å²) in [6.45, 7) is 0. The van der Waals surface area contributed by atoms with Gasteiger partial charge >= 0.3 is 0 Å². The number of methoxy groups -OCH3 is 2. The van der Waals surface area contributed by atoms with Gasteiger partial charge in [0.1, 0.15) is 11.5 Å². The molecule has 0 spiro atoms. The molecule has 14 heavy (non-hydrogen) atoms. The number of rotatable bonds is 2. The molecule has 1 unspecified atom stereocenters. The molecule has 2 rings (SSSR count). The quantitative estimate of drug-likeness (QED) is 0.778. The van der Waals surface area contributed by atoms with Crippen molar-refractivity contribution in [2.24, 2.45) is 0 Å². The fourth-order valence-electron chi connectivity index (χ4n) is 2.04. The maximum absolute atomic E-state index is 9.78. The number of hydrogen-bond donors (Lipinski definition) is 1. The van der Waals surface area contributed by atoms with Gasteiger partial charge in [0.05, 0.1) is 20.3 Å². The lowest BCUT2D eigenvalue weighted by atomic mass is 10.1. The predicted molar refractivity (Wildman–Crippen MR) is 52.8 cm³/mol. The smallest absolute Gasteiger partial charge is 0.125 e. The van der Waals surface area contributed by atoms with Crippen molar-refractivity contribution in [2.75, 3.05) is 14.2 Å². The van der Waals surface area contributed by atoms with Gasteiger partial charge in [-0.3, -0.25) is 0 Å². The first-order chi connectivity index (χ1) is 6.77. The molecule has 0 aliphatic heterocycles. The summed E-state index contributed by atoms with van der Waals surface area (Å²) in [5.74, 6) is 1.60. The molecule has 1 aromatic carbocycles. The summed E-state index contributed by atoms with van der Waals surface area (Å²) in [7, 11) is 3.26. The highest BCUT2D eigenvalue weighted by Gasteiger charge is 2.27. The average Bonchev–Trinajstić information content (AvgIpc) is 2.60. The molecule has 3 nitrogen and oxygen atoms in total. The topological polar surface area (TPSA) is 38.7 Å². The summed E-state index contributed by atoms with van der Waals surface area (Å²) in [6, 6.07) is 3.72. The van der Waals surface area contributed by atoms with Gasteiger partial charge in [-0.1, -0.05) is 0 Å². The molecule has 0 saturated heterocycles. The third kappa shape index (κ3) is 1.24. The second-order valence-corrected chi connectivity index (χ2v) is 3.42. The molecule has 0 heterocycles. The van der Waals surface area contributed by atoms with Crippen molar-refractivity contribution in [3.63, 3.8) is 0 Å². The highest BCUT2D eigenvalue weighted by atomic mass is 16.5. The molecule has 0 saturated carbocycles. The standard InChI is InChI=1S/C11H14O3/c1-13-9-5-6-10(14-2)11-7(9)3-4-8(11)12/h5-6,8,12H,3-4H2,1-2H3. The zero-order valence-corrected chi connectivity index (χ0v) is 8.41. The number of aliphatic hydroxyl groups is 1. The van der Waals surface area contributed by atoms with Crippen molar-refractivity contribution in [2.45, 2.75) is 18.9 Å². The van der Waals surface area contributed by atoms with E-state index in [9.17, 15) is 5.11 Å². The first-order valence-corrected chi connectivity index (χ1v) is 4.69. The van der Waals surface area contributed by atoms with Crippen LogP contribution < -0.4 is 9.47 Å². The van der Waals surface area contributed by atoms with E-state index in [0.717, 1.165) is 35.5 Å². The van der Waals surface area contributed by atoms with E-state index < -0.39 is 6.10 Å². The minimum Gasteiger partial charge on any atom is -0.496 e. The van der Waals surface area contributed by atoms with Gasteiger partial charge in [0.2, 0.25) is 0 Å². The van der Waals surface area contributed by atoms with Crippen LogP contribution in [-0.2, 0) is 6.42 Å². The molecule has 1 N–H and O–H groups in total. The largest absolute Gasteiger partial charge is 0.496 e. The van der Waals surface area contributed by atoms with Gasteiger partial charge < -0.3 is 14.6 Å². The highest BCUT2D eigenvalue weighted by molar-refractivity contribution is 5.52. The highest BCUT2D eigenvalue weighted by Crippen LogP contribution is 2.42. The maximum atomic E-state index is 9.78. The fraction of sp³-hybridized carbons (Fsp3) is 0.455. The first-order valence-electron chi connectivity index (χ1n) is 4.69. The van der Waals surface area contributed by atoms with E-state index >= 15 is 0 Å². The van der Waals surface area contributed by atoms with Crippen LogP contribution >= 0.6 is 0 Å². The van der Waals surface area contributed by atoms with Gasteiger partial charge in [-0.05, 0) is 25.0 Å². The molecule has 0 bridgehead atoms. The molecule has 1 atom stereocenters. The Hall–Kier alpha value is -1.22. The van der Waals surface area contributed by atoms with Crippen LogP contribution in [0.5, 0.6) is 11.5 Å². The zero-order valence-electron chi connectivity index (χ0n) is 8.41. The zero-order chi connectivity index (χ0) is 10.1. The van der Waals surface area contributed by atoms with E-state index in [1.54, 1.807) is 14.2 Å². The molecular weight excluding hydrogens is 180 g/mol. The Bertz CT molecular complexity index is 347. The number of benzene rings is 1. The molecule has 0 aromatic heterocycles. The van der Waals surface area contributed by atoms with E-state index in [1.807, 2.05) is 12.1 Å². The van der Waals surface area contributed by atoms with Gasteiger partial charge in [0, 0.05) is 11.1 Å². The number of ether oxygens (including phenoxy) is 2. The Balaban J connectivity index is 2.56. The van der Waals surface area contributed by atoms with Crippen LogP contribution in [0.4, 0.5) is 0 Å². The lowest BCUT2D eigenvalue weighted by molar-refractivity contribution is 0.176. The molecule has 0 amide bonds. The first kappa shape index (κ1) is 9.34. The molecule has 1 aromatic rings. The minimum absolute atomic E-state index is 0.407. The van der Waals surface area contributed by atoms with Crippen molar-refractivity contribution in [1.82, 2.24) is 0 Å². The summed E-state index contributed by atoms with van der Waals surface area (Å²) < 4.78 is 10.4. The van der Waals surface area contributed by atoms with Gasteiger partial charge in [-0.2, -0.15) is 0 Å². The summed E-state index contributed by atoms with van der Waals surface area (Å²) in [5.41, 5.74) is 1.98. The van der Waals surface area contributed by atoms with Crippen molar-refractivity contribution in [1.29, 1.82) is 0 Å². The van der Waals surface area contributed by atoms with Crippen molar-refractivity contribution in [3.8, 4) is 11.5 Å². The Morgan fingerprint density at radius 3 is 2.50 bits per heavy atom. The molecule has 0 fully saturated rings. The molecule has 3 heteroatoms. The number of fused-ring (bicyclic) bond motifs is 1. The average molecular weight is 194 g/mol. The normalized spacial score (nSPS) is 19.2. The number of hydrogen-bond acceptors (Lipinski definition) is 3. The predicted octanol–water partition coefficient (Wildman–Crippen LogP) is 1.68. The van der Waals surface area contributed by atoms with Crippen molar-refractivity contribution < 1.29 is 14.6 Å². The second-order valence-electron chi connectivity index (χ2n) is 3.42. The Labute approximate surface area is 83.3 Å². The van der Waals surface area contributed by atoms with E-state index in [4.69, 9.17) is 9.47 Å². The van der Waals surface area contributed by atoms with Crippen LogP contribution in [0.25, 0.3) is 0 Å². The van der Waals surface area contributed by atoms with Crippen LogP contribution in [0.1, 0.15) is 23.7 Å². The van der Waals surface area contributed by atoms with Crippen LogP contribution in [-0.4, -0.2) is 19.3 Å². The maximum Gasteiger partial charge on any atom is 0.125 e. The van der Waals surface area contributed by atoms with Crippen LogP contribution in [0.3, 0.4) is 0 Å². The Kier molecular flexibility index (Phi) is 2.33. The van der Waals surface area contributed by atoms with Crippen LogP contribution in [0.15, 0.2) is 12.1 Å². The van der Waals surface area contributed by atoms with Gasteiger partial charge in [0.25, 0.3) is 0 Å². The summed E-state index contributed by atoms with van der Waals surface area (Å²) in [5, 5.41) is 9.78. The second kappa shape index (κ2) is 3.50. The van der Waals surface area contributed by atoms with Crippen molar-refractivity contribution >= 4 is 0 Å². The van der Waals surface area contributed by atoms with E-state index in [0.29, 0.717) is 0 Å². The van der Waals surface area contributed by atoms with Crippen molar-refractivity contribution in [3.05, 3.63) is 23.3 Å². The molecule has 76 valence electrons. The van der Waals surface area contributed by atoms with Crippen LogP contribution in [0, 0.1) is 0 Å². The molecular formula is C11H14O3. The lowest BCUT2D eigenvalue weighted by Crippen LogP contribution is -1.97. The third-order valence-corrected chi connectivity index (χ3v) is 2.71. The summed E-state index contributed by atoms with van der Waals surface area (Å²) >= 11 is 0. The lowest BCUT2D eigenvalue weighted by Gasteiger charge is -2.12. The van der Waals surface area contributed by atoms with Gasteiger partial charge in [-0.15, -0.1) is 0 Å². The van der Waals surface area contributed by atoms with Gasteiger partial charge in [-0.25, -0.2) is 0 Å². The molecule has 1 aliphatic carbocycles. The summed E-state index contributed by atoms with van der Waals surface area (Å²) in [6.07, 6.45) is 1.21. The Morgan fingerprint density at radius 2 is 1.86 bits per heavy atom. The monoisotopic (exact) mass is 194 g/mol. The minimum atomic E-state index is -0.407. The molecule has 1 aliphatic rings.